The first-order valence-electron chi connectivity index (χ1n) is 33.3. The first-order valence-corrected chi connectivity index (χ1v) is 35.6. The lowest BCUT2D eigenvalue weighted by atomic mass is 9.77. The van der Waals surface area contributed by atoms with E-state index >= 15 is 13.6 Å². The molecule has 2 amide bonds. The van der Waals surface area contributed by atoms with E-state index in [-0.39, 0.29) is 79.3 Å². The minimum atomic E-state index is -2.21. The Morgan fingerprint density at radius 1 is 0.724 bits per heavy atom. The number of ether oxygens (including phenoxy) is 9. The summed E-state index contributed by atoms with van der Waals surface area (Å²) in [5, 5.41) is 8.68. The molecule has 0 bridgehead atoms. The number of nitrogens with zero attached hydrogens (tertiary/aromatic N) is 4. The van der Waals surface area contributed by atoms with Crippen molar-refractivity contribution in [3.63, 3.8) is 0 Å². The summed E-state index contributed by atoms with van der Waals surface area (Å²) in [6, 6.07) is 65.1. The van der Waals surface area contributed by atoms with Crippen LogP contribution in [0.2, 0.25) is 0 Å². The fourth-order valence-electron chi connectivity index (χ4n) is 12.1. The highest BCUT2D eigenvalue weighted by Gasteiger charge is 2.54. The zero-order chi connectivity index (χ0) is 72.2. The molecule has 4 heterocycles. The number of hydrogen-bond donors (Lipinski definition) is 2. The highest BCUT2D eigenvalue weighted by molar-refractivity contribution is 8.05. The molecule has 3 unspecified atom stereocenters. The number of methoxy groups -OCH3 is 3. The second-order valence-electron chi connectivity index (χ2n) is 23.8. The number of para-hydroxylation sites is 1. The Bertz CT molecular complexity index is 4510. The number of fused-ring (bicyclic) bond motifs is 2. The van der Waals surface area contributed by atoms with Gasteiger partial charge in [-0.2, -0.15) is 4.57 Å². The van der Waals surface area contributed by atoms with Gasteiger partial charge in [0.25, 0.3) is 5.91 Å². The number of carbonyl (C=O) groups is 4. The fourth-order valence-corrected chi connectivity index (χ4v) is 14.7. The Labute approximate surface area is 630 Å². The molecule has 0 spiro atoms. The maximum absolute atomic E-state index is 17.9. The Morgan fingerprint density at radius 3 is 1.90 bits per heavy atom. The third-order valence-corrected chi connectivity index (χ3v) is 19.8. The van der Waals surface area contributed by atoms with Crippen LogP contribution in [0.4, 0.5) is 8.78 Å². The molecule has 8 aromatic carbocycles. The van der Waals surface area contributed by atoms with Crippen LogP contribution in [0.25, 0.3) is 10.9 Å². The summed E-state index contributed by atoms with van der Waals surface area (Å²) in [6.07, 6.45) is 1.97. The lowest BCUT2D eigenvalue weighted by Crippen LogP contribution is -3.00. The lowest BCUT2D eigenvalue weighted by Gasteiger charge is -2.49. The van der Waals surface area contributed by atoms with Gasteiger partial charge in [0.2, 0.25) is 29.0 Å². The summed E-state index contributed by atoms with van der Waals surface area (Å²) in [6.45, 7) is -0.433. The number of rotatable bonds is 33. The molecule has 2 N–H and O–H groups in total. The number of nitrogens with one attached hydrogen (secondary N) is 2. The van der Waals surface area contributed by atoms with Gasteiger partial charge in [-0.1, -0.05) is 187 Å². The van der Waals surface area contributed by atoms with Crippen molar-refractivity contribution in [2.24, 2.45) is 9.52 Å². The number of halogens is 3. The standard InChI is InChI=1S/C80H74F2N6O14S2.HI/c1-93-43-45-96-52-99-73-65(81)48-64(68(82)74(73)100-53-97-46-44-94-2)72(78(92)101-71(56-24-9-4-10-25-56)57-26-11-5-12-27-57)102-86-104-51-62(83-79(104)85-80(59-30-13-6-14-31-59,60-32-15-7-16-33-60)61-34-17-8-18-35-61)47-67(89)84-69-75(90)88-70(77(91)98-49-54-37-39-63(95-3)40-38-54)58(50-103-76(69)88)29-22-42-87-41-21-28-55-23-19-20-36-66(55)87;/h4-41,48,51,69,71-72,76H,42-47,49-50,52-53H2,1-3H3,(H-,83,84,85,89);1H/t69-,72?,76?,104?;/m0./s1. The van der Waals surface area contributed by atoms with Gasteiger partial charge in [-0.15, -0.1) is 11.8 Å². The number of thioether (sulfide) groups is 1. The number of aliphatic imine (C=N–C) groups is 1. The molecule has 1 fully saturated rings. The summed E-state index contributed by atoms with van der Waals surface area (Å²) in [5.41, 5.74) is 3.82. The zero-order valence-corrected chi connectivity index (χ0v) is 61.2. The summed E-state index contributed by atoms with van der Waals surface area (Å²) in [5.74, 6) is -6.17. The molecule has 105 heavy (non-hydrogen) atoms. The molecule has 1 saturated heterocycles. The number of pyridine rings is 1. The van der Waals surface area contributed by atoms with E-state index in [4.69, 9.17) is 57.0 Å². The Hall–Kier alpha value is -9.97. The van der Waals surface area contributed by atoms with Crippen LogP contribution in [0.5, 0.6) is 17.2 Å². The number of benzene rings is 8. The second kappa shape index (κ2) is 37.1. The molecule has 0 aliphatic carbocycles. The van der Waals surface area contributed by atoms with E-state index in [0.29, 0.717) is 34.6 Å². The van der Waals surface area contributed by atoms with Crippen molar-refractivity contribution in [2.45, 2.75) is 48.7 Å². The predicted octanol–water partition coefficient (Wildman–Crippen LogP) is 9.36. The molecule has 3 aliphatic heterocycles. The monoisotopic (exact) mass is 1570 g/mol. The van der Waals surface area contributed by atoms with Crippen LogP contribution >= 0.6 is 11.8 Å². The summed E-state index contributed by atoms with van der Waals surface area (Å²) in [4.78, 5) is 72.2. The van der Waals surface area contributed by atoms with Crippen LogP contribution in [0.15, 0.2) is 269 Å². The normalized spacial score (nSPS) is 15.8. The van der Waals surface area contributed by atoms with Crippen molar-refractivity contribution in [1.82, 2.24) is 15.5 Å². The van der Waals surface area contributed by atoms with Gasteiger partial charge in [-0.25, -0.2) is 28.2 Å². The number of allylic oxidation sites excluding steroid dienone is 2. The SMILES string of the molecule is COCCOCOc1c(F)cc(C(ON=S2C=C(CC(=O)N[C@H]3C(=O)N4C(C(=O)OCc5ccc(OC)cc5)=C(C=CC[n+]5cccc6ccccc65)CSC34)N=C2NC(c2ccccc2)(c2ccccc2)c2ccccc2)C(=O)OC(c2ccccc2)c2ccccc2)c(F)c1OCOCCOC.[I-]. The molecule has 0 radical (unpaired) electrons. The van der Waals surface area contributed by atoms with Crippen LogP contribution in [0, 0.1) is 11.6 Å². The maximum atomic E-state index is 17.9. The van der Waals surface area contributed by atoms with E-state index in [1.165, 1.54) is 30.9 Å². The van der Waals surface area contributed by atoms with Crippen molar-refractivity contribution in [1.29, 1.82) is 0 Å². The van der Waals surface area contributed by atoms with E-state index in [1.807, 2.05) is 146 Å². The van der Waals surface area contributed by atoms with E-state index in [2.05, 4.69) is 15.2 Å². The smallest absolute Gasteiger partial charge is 0.355 e. The molecule has 3 aliphatic rings. The molecule has 0 saturated carbocycles. The van der Waals surface area contributed by atoms with Crippen molar-refractivity contribution in [3.05, 3.63) is 310 Å². The number of aromatic nitrogens is 1. The number of amides is 2. The van der Waals surface area contributed by atoms with Crippen LogP contribution < -0.4 is 53.4 Å². The Balaban J connectivity index is 0.0000110. The second-order valence-corrected chi connectivity index (χ2v) is 26.3. The van der Waals surface area contributed by atoms with Gasteiger partial charge in [0.1, 0.15) is 35.0 Å². The number of β-lactam (4-membered cyclic amide) rings is 1. The number of amidine groups is 1. The molecule has 4 atom stereocenters. The minimum Gasteiger partial charge on any atom is -1.00 e. The average Bonchev–Trinajstić information content (AvgIpc) is 0.970. The van der Waals surface area contributed by atoms with Gasteiger partial charge in [0.05, 0.1) is 45.7 Å². The molecule has 542 valence electrons. The fraction of sp³-hybridized carbons (Fsp3) is 0.225. The first kappa shape index (κ1) is 76.2. The Kier molecular flexibility index (Phi) is 26.9. The van der Waals surface area contributed by atoms with Crippen LogP contribution in [0.1, 0.15) is 57.6 Å². The summed E-state index contributed by atoms with van der Waals surface area (Å²) >= 11 is 1.38. The Morgan fingerprint density at radius 2 is 1.30 bits per heavy atom. The van der Waals surface area contributed by atoms with E-state index in [1.54, 1.807) is 97.4 Å². The van der Waals surface area contributed by atoms with Crippen molar-refractivity contribution in [2.75, 3.05) is 67.1 Å². The van der Waals surface area contributed by atoms with Crippen LogP contribution in [-0.4, -0.2) is 112 Å². The van der Waals surface area contributed by atoms with Crippen molar-refractivity contribution < 1.29 is 104 Å². The average molecular weight is 1570 g/mol. The van der Waals surface area contributed by atoms with Gasteiger partial charge in [0.15, 0.2) is 49.2 Å². The molecular weight excluding hydrogens is 1500 g/mol. The van der Waals surface area contributed by atoms with Crippen molar-refractivity contribution in [3.8, 4) is 17.2 Å². The summed E-state index contributed by atoms with van der Waals surface area (Å²) < 4.78 is 92.0. The van der Waals surface area contributed by atoms with E-state index in [0.717, 1.165) is 33.7 Å². The highest BCUT2D eigenvalue weighted by atomic mass is 127. The molecule has 12 rings (SSSR count). The number of carbonyl (C=O) groups excluding carboxylic acids is 4. The highest BCUT2D eigenvalue weighted by Crippen LogP contribution is 2.44. The quantitative estimate of drug-likeness (QED) is 0.00572. The first-order chi connectivity index (χ1) is 51.0. The topological polar surface area (TPSA) is 216 Å². The van der Waals surface area contributed by atoms with Crippen LogP contribution in [-0.2, 0) is 81.8 Å². The van der Waals surface area contributed by atoms with Gasteiger partial charge in [-0.05, 0) is 75.4 Å². The maximum Gasteiger partial charge on any atom is 0.355 e. The zero-order valence-electron chi connectivity index (χ0n) is 57.4. The third-order valence-electron chi connectivity index (χ3n) is 17.2. The lowest BCUT2D eigenvalue weighted by molar-refractivity contribution is -0.661. The summed E-state index contributed by atoms with van der Waals surface area (Å²) in [7, 11) is 2.72. The van der Waals surface area contributed by atoms with Crippen LogP contribution in [0.3, 0.4) is 0 Å². The molecule has 1 aromatic heterocycles. The minimum absolute atomic E-state index is 0. The molecular formula is C80H75F2IN6O14S2. The molecule has 25 heteroatoms. The van der Waals surface area contributed by atoms with Gasteiger partial charge < -0.3 is 77.2 Å². The third kappa shape index (κ3) is 18.2. The predicted molar refractivity (Wildman–Crippen MR) is 388 cm³/mol. The van der Waals surface area contributed by atoms with Gasteiger partial charge >= 0.3 is 11.9 Å². The number of esters is 2. The van der Waals surface area contributed by atoms with Gasteiger partial charge in [-0.3, -0.25) is 14.5 Å². The number of hydrogen-bond acceptors (Lipinski definition) is 18. The molecule has 9 aromatic rings. The van der Waals surface area contributed by atoms with E-state index in [9.17, 15) is 14.4 Å². The van der Waals surface area contributed by atoms with Crippen molar-refractivity contribution >= 4 is 62.3 Å². The van der Waals surface area contributed by atoms with E-state index < -0.39 is 112 Å². The molecule has 20 nitrogen and oxygen atoms in total. The largest absolute Gasteiger partial charge is 1.00 e. The van der Waals surface area contributed by atoms with Gasteiger partial charge in [0, 0.05) is 59.2 Å².